The van der Waals surface area contributed by atoms with Gasteiger partial charge in [0.2, 0.25) is 0 Å². The zero-order valence-corrected chi connectivity index (χ0v) is 19.6. The molecule has 4 atom stereocenters. The number of rotatable bonds is 7. The van der Waals surface area contributed by atoms with E-state index in [0.717, 1.165) is 5.57 Å². The number of aromatic hydroxyl groups is 2. The summed E-state index contributed by atoms with van der Waals surface area (Å²) in [7, 11) is 0. The number of esters is 1. The zero-order chi connectivity index (χ0) is 23.8. The summed E-state index contributed by atoms with van der Waals surface area (Å²) in [6, 6.07) is 1.19. The van der Waals surface area contributed by atoms with Crippen LogP contribution in [0.1, 0.15) is 81.8 Å². The van der Waals surface area contributed by atoms with Crippen molar-refractivity contribution in [1.29, 1.82) is 0 Å². The summed E-state index contributed by atoms with van der Waals surface area (Å²) >= 11 is 0. The third kappa shape index (κ3) is 5.11. The Morgan fingerprint density at radius 2 is 2.03 bits per heavy atom. The van der Waals surface area contributed by atoms with Crippen LogP contribution in [0, 0.1) is 0 Å². The minimum absolute atomic E-state index is 0.0447. The standard InChI is InChI=1S/C25H36O7/c1-14(7-9-20(28)25(5)11-10-21(32-25)24(3,4)30)6-8-16-17-12-15(2)31-23(29)22(17)19(27)13-18(16)26/h6,13,15,20-21,26-28,30H,7-12H2,1-5H3/b14-6+/t15-,20-,21+,25+/m1/s1. The Balaban J connectivity index is 1.66. The molecule has 0 saturated carbocycles. The van der Waals surface area contributed by atoms with E-state index in [1.807, 2.05) is 19.9 Å². The number of carbonyl (C=O) groups excluding carboxylic acids is 1. The Labute approximate surface area is 189 Å². The first-order valence-corrected chi connectivity index (χ1v) is 11.3. The first kappa shape index (κ1) is 24.6. The van der Waals surface area contributed by atoms with Gasteiger partial charge in [0.15, 0.2) is 0 Å². The Bertz CT molecular complexity index is 899. The van der Waals surface area contributed by atoms with Crippen LogP contribution in [0.3, 0.4) is 0 Å². The maximum atomic E-state index is 12.2. The minimum atomic E-state index is -0.942. The lowest BCUT2D eigenvalue weighted by Crippen LogP contribution is -2.43. The van der Waals surface area contributed by atoms with Crippen molar-refractivity contribution >= 4 is 5.97 Å². The van der Waals surface area contributed by atoms with Gasteiger partial charge in [-0.2, -0.15) is 0 Å². The number of aliphatic hydroxyl groups excluding tert-OH is 1. The molecule has 7 heteroatoms. The third-order valence-corrected chi connectivity index (χ3v) is 6.78. The quantitative estimate of drug-likeness (QED) is 0.372. The van der Waals surface area contributed by atoms with E-state index >= 15 is 0 Å². The number of phenols is 2. The van der Waals surface area contributed by atoms with E-state index in [2.05, 4.69) is 0 Å². The van der Waals surface area contributed by atoms with Crippen LogP contribution in [0.15, 0.2) is 17.7 Å². The van der Waals surface area contributed by atoms with E-state index < -0.39 is 23.3 Å². The van der Waals surface area contributed by atoms with Crippen molar-refractivity contribution in [2.24, 2.45) is 0 Å². The number of ether oxygens (including phenoxy) is 2. The molecule has 1 fully saturated rings. The summed E-state index contributed by atoms with van der Waals surface area (Å²) in [6.07, 6.45) is 4.09. The molecule has 0 amide bonds. The molecule has 2 aliphatic heterocycles. The number of hydrogen-bond acceptors (Lipinski definition) is 7. The molecule has 0 aromatic heterocycles. The van der Waals surface area contributed by atoms with Crippen molar-refractivity contribution in [3.63, 3.8) is 0 Å². The second-order valence-corrected chi connectivity index (χ2v) is 10.1. The van der Waals surface area contributed by atoms with Gasteiger partial charge in [0, 0.05) is 18.1 Å². The van der Waals surface area contributed by atoms with Crippen molar-refractivity contribution in [2.75, 3.05) is 0 Å². The Hall–Kier alpha value is -2.09. The average molecular weight is 449 g/mol. The highest BCUT2D eigenvalue weighted by atomic mass is 16.5. The summed E-state index contributed by atoms with van der Waals surface area (Å²) in [4.78, 5) is 12.2. The molecule has 0 aliphatic carbocycles. The number of benzene rings is 1. The summed E-state index contributed by atoms with van der Waals surface area (Å²) in [6.45, 7) is 9.08. The molecule has 7 nitrogen and oxygen atoms in total. The van der Waals surface area contributed by atoms with Crippen molar-refractivity contribution < 1.29 is 34.7 Å². The van der Waals surface area contributed by atoms with Gasteiger partial charge >= 0.3 is 5.97 Å². The largest absolute Gasteiger partial charge is 0.508 e. The molecule has 3 rings (SSSR count). The van der Waals surface area contributed by atoms with Crippen LogP contribution in [0.4, 0.5) is 0 Å². The second-order valence-electron chi connectivity index (χ2n) is 10.1. The van der Waals surface area contributed by atoms with Crippen molar-refractivity contribution in [3.05, 3.63) is 34.4 Å². The third-order valence-electron chi connectivity index (χ3n) is 6.78. The minimum Gasteiger partial charge on any atom is -0.508 e. The van der Waals surface area contributed by atoms with Gasteiger partial charge in [0.05, 0.1) is 23.4 Å². The van der Waals surface area contributed by atoms with Gasteiger partial charge in [0.1, 0.15) is 23.2 Å². The van der Waals surface area contributed by atoms with E-state index in [4.69, 9.17) is 9.47 Å². The Morgan fingerprint density at radius 1 is 1.34 bits per heavy atom. The molecule has 1 saturated heterocycles. The van der Waals surface area contributed by atoms with Crippen molar-refractivity contribution in [1.82, 2.24) is 0 Å². The van der Waals surface area contributed by atoms with Gasteiger partial charge < -0.3 is 29.9 Å². The van der Waals surface area contributed by atoms with Gasteiger partial charge in [-0.1, -0.05) is 11.6 Å². The highest BCUT2D eigenvalue weighted by Gasteiger charge is 2.46. The lowest BCUT2D eigenvalue weighted by molar-refractivity contribution is -0.153. The molecule has 0 radical (unpaired) electrons. The number of fused-ring (bicyclic) bond motifs is 1. The molecule has 0 spiro atoms. The molecule has 0 bridgehead atoms. The van der Waals surface area contributed by atoms with Gasteiger partial charge in [-0.05, 0) is 72.3 Å². The number of carbonyl (C=O) groups is 1. The summed E-state index contributed by atoms with van der Waals surface area (Å²) in [5, 5.41) is 41.5. The van der Waals surface area contributed by atoms with Crippen LogP contribution >= 0.6 is 0 Å². The van der Waals surface area contributed by atoms with Crippen LogP contribution in [0.2, 0.25) is 0 Å². The molecule has 1 aromatic carbocycles. The van der Waals surface area contributed by atoms with Crippen LogP contribution in [-0.4, -0.2) is 55.9 Å². The van der Waals surface area contributed by atoms with Gasteiger partial charge in [-0.3, -0.25) is 0 Å². The van der Waals surface area contributed by atoms with E-state index in [0.29, 0.717) is 49.7 Å². The maximum absolute atomic E-state index is 12.2. The number of hydrogen-bond donors (Lipinski definition) is 4. The molecule has 1 aromatic rings. The number of allylic oxidation sites excluding steroid dienone is 2. The van der Waals surface area contributed by atoms with Crippen LogP contribution in [0.5, 0.6) is 11.5 Å². The van der Waals surface area contributed by atoms with Crippen LogP contribution in [-0.2, 0) is 22.3 Å². The van der Waals surface area contributed by atoms with Crippen molar-refractivity contribution in [3.8, 4) is 11.5 Å². The summed E-state index contributed by atoms with van der Waals surface area (Å²) < 4.78 is 11.2. The monoisotopic (exact) mass is 448 g/mol. The molecule has 4 N–H and O–H groups in total. The number of phenolic OH excluding ortho intramolecular Hbond substituents is 2. The van der Waals surface area contributed by atoms with Gasteiger partial charge in [-0.25, -0.2) is 4.79 Å². The highest BCUT2D eigenvalue weighted by Crippen LogP contribution is 2.39. The van der Waals surface area contributed by atoms with E-state index in [9.17, 15) is 25.2 Å². The van der Waals surface area contributed by atoms with Crippen LogP contribution < -0.4 is 0 Å². The second kappa shape index (κ2) is 9.04. The molecule has 32 heavy (non-hydrogen) atoms. The van der Waals surface area contributed by atoms with Crippen molar-refractivity contribution in [2.45, 2.75) is 103 Å². The summed E-state index contributed by atoms with van der Waals surface area (Å²) in [5.74, 6) is -0.886. The fourth-order valence-corrected chi connectivity index (χ4v) is 4.65. The number of cyclic esters (lactones) is 1. The lowest BCUT2D eigenvalue weighted by atomic mass is 9.89. The molecule has 2 aliphatic rings. The predicted octanol–water partition coefficient (Wildman–Crippen LogP) is 3.54. The topological polar surface area (TPSA) is 116 Å². The first-order valence-electron chi connectivity index (χ1n) is 11.3. The molecule has 0 unspecified atom stereocenters. The molecule has 178 valence electrons. The smallest absolute Gasteiger partial charge is 0.342 e. The highest BCUT2D eigenvalue weighted by molar-refractivity contribution is 5.96. The normalized spacial score (nSPS) is 27.2. The van der Waals surface area contributed by atoms with Gasteiger partial charge in [0.25, 0.3) is 0 Å². The maximum Gasteiger partial charge on any atom is 0.342 e. The van der Waals surface area contributed by atoms with E-state index in [1.54, 1.807) is 20.8 Å². The molecule has 2 heterocycles. The average Bonchev–Trinajstić information content (AvgIpc) is 3.09. The Morgan fingerprint density at radius 3 is 2.66 bits per heavy atom. The fraction of sp³-hybridized carbons (Fsp3) is 0.640. The molecular formula is C25H36O7. The van der Waals surface area contributed by atoms with E-state index in [1.165, 1.54) is 6.07 Å². The lowest BCUT2D eigenvalue weighted by Gasteiger charge is -2.33. The molecular weight excluding hydrogens is 412 g/mol. The zero-order valence-electron chi connectivity index (χ0n) is 19.6. The number of aliphatic hydroxyl groups is 2. The predicted molar refractivity (Wildman–Crippen MR) is 120 cm³/mol. The van der Waals surface area contributed by atoms with Gasteiger partial charge in [-0.15, -0.1) is 0 Å². The fourth-order valence-electron chi connectivity index (χ4n) is 4.65. The first-order chi connectivity index (χ1) is 14.8. The van der Waals surface area contributed by atoms with E-state index in [-0.39, 0.29) is 29.3 Å². The summed E-state index contributed by atoms with van der Waals surface area (Å²) in [5.41, 5.74) is 0.778. The van der Waals surface area contributed by atoms with Crippen LogP contribution in [0.25, 0.3) is 0 Å². The SMILES string of the molecule is C/C(=C\Cc1c(O)cc(O)c2c1C[C@@H](C)OC2=O)CC[C@@H](O)[C@]1(C)CC[C@@H](C(C)(C)O)O1. The Kier molecular flexibility index (Phi) is 6.94.